The van der Waals surface area contributed by atoms with Crippen LogP contribution in [0.1, 0.15) is 25.7 Å². The van der Waals surface area contributed by atoms with Crippen molar-refractivity contribution in [2.75, 3.05) is 24.2 Å². The SMILES string of the molecule is CCSc1ccccc1NC(=O)C1CCN(Cc2nc(-c3ccc(Br)cc3)no2)CC1. The van der Waals surface area contributed by atoms with Gasteiger partial charge in [-0.1, -0.05) is 40.1 Å². The second-order valence-corrected chi connectivity index (χ2v) is 9.71. The lowest BCUT2D eigenvalue weighted by molar-refractivity contribution is -0.121. The molecule has 31 heavy (non-hydrogen) atoms. The van der Waals surface area contributed by atoms with Gasteiger partial charge in [0.1, 0.15) is 0 Å². The number of likely N-dealkylation sites (tertiary alicyclic amines) is 1. The minimum Gasteiger partial charge on any atom is -0.338 e. The van der Waals surface area contributed by atoms with E-state index in [1.54, 1.807) is 11.8 Å². The number of thioether (sulfide) groups is 1. The summed E-state index contributed by atoms with van der Waals surface area (Å²) in [7, 11) is 0. The molecule has 0 spiro atoms. The molecule has 2 aromatic carbocycles. The number of anilines is 1. The minimum atomic E-state index is 0.0249. The summed E-state index contributed by atoms with van der Waals surface area (Å²) in [5, 5.41) is 7.23. The number of carbonyl (C=O) groups is 1. The molecule has 6 nitrogen and oxygen atoms in total. The molecule has 0 radical (unpaired) electrons. The maximum atomic E-state index is 12.8. The van der Waals surface area contributed by atoms with Crippen LogP contribution in [0.5, 0.6) is 0 Å². The number of hydrogen-bond donors (Lipinski definition) is 1. The average Bonchev–Trinajstić information content (AvgIpc) is 3.25. The van der Waals surface area contributed by atoms with Gasteiger partial charge in [-0.3, -0.25) is 9.69 Å². The molecule has 1 aliphatic rings. The van der Waals surface area contributed by atoms with Crippen LogP contribution in [0.4, 0.5) is 5.69 Å². The molecule has 1 saturated heterocycles. The minimum absolute atomic E-state index is 0.0249. The molecule has 3 aromatic rings. The molecule has 1 amide bonds. The van der Waals surface area contributed by atoms with Crippen LogP contribution < -0.4 is 5.32 Å². The number of hydrogen-bond acceptors (Lipinski definition) is 6. The smallest absolute Gasteiger partial charge is 0.241 e. The fraction of sp³-hybridized carbons (Fsp3) is 0.348. The van der Waals surface area contributed by atoms with Crippen LogP contribution in [0.2, 0.25) is 0 Å². The van der Waals surface area contributed by atoms with Crippen molar-refractivity contribution in [1.29, 1.82) is 0 Å². The van der Waals surface area contributed by atoms with E-state index in [2.05, 4.69) is 49.3 Å². The summed E-state index contributed by atoms with van der Waals surface area (Å²) in [6, 6.07) is 15.8. The van der Waals surface area contributed by atoms with Crippen molar-refractivity contribution in [3.8, 4) is 11.4 Å². The Morgan fingerprint density at radius 3 is 2.68 bits per heavy atom. The molecule has 2 heterocycles. The Bertz CT molecular complexity index is 1020. The molecule has 8 heteroatoms. The topological polar surface area (TPSA) is 71.3 Å². The number of para-hydroxylation sites is 1. The lowest BCUT2D eigenvalue weighted by atomic mass is 9.96. The predicted molar refractivity (Wildman–Crippen MR) is 127 cm³/mol. The molecule has 1 aromatic heterocycles. The Hall–Kier alpha value is -2.16. The van der Waals surface area contributed by atoms with Gasteiger partial charge in [-0.25, -0.2) is 0 Å². The van der Waals surface area contributed by atoms with Gasteiger partial charge in [0, 0.05) is 20.8 Å². The maximum Gasteiger partial charge on any atom is 0.241 e. The van der Waals surface area contributed by atoms with Gasteiger partial charge in [0.05, 0.1) is 12.2 Å². The summed E-state index contributed by atoms with van der Waals surface area (Å²) in [5.74, 6) is 2.31. The van der Waals surface area contributed by atoms with Crippen molar-refractivity contribution in [3.63, 3.8) is 0 Å². The standard InChI is InChI=1S/C23H25BrN4O2S/c1-2-31-20-6-4-3-5-19(20)25-23(29)17-11-13-28(14-12-17)15-21-26-22(27-30-21)16-7-9-18(24)10-8-16/h3-10,17H,2,11-15H2,1H3,(H,25,29). The lowest BCUT2D eigenvalue weighted by Gasteiger charge is -2.30. The molecule has 0 atom stereocenters. The van der Waals surface area contributed by atoms with Crippen molar-refractivity contribution in [3.05, 3.63) is 58.9 Å². The fourth-order valence-corrected chi connectivity index (χ4v) is 4.69. The number of rotatable bonds is 7. The monoisotopic (exact) mass is 500 g/mol. The predicted octanol–water partition coefficient (Wildman–Crippen LogP) is 5.46. The summed E-state index contributed by atoms with van der Waals surface area (Å²) in [5.41, 5.74) is 1.84. The Labute approximate surface area is 194 Å². The first-order valence-electron chi connectivity index (χ1n) is 10.5. The Morgan fingerprint density at radius 2 is 1.94 bits per heavy atom. The van der Waals surface area contributed by atoms with E-state index in [1.807, 2.05) is 42.5 Å². The quantitative estimate of drug-likeness (QED) is 0.434. The van der Waals surface area contributed by atoms with Gasteiger partial charge in [0.2, 0.25) is 17.6 Å². The van der Waals surface area contributed by atoms with Gasteiger partial charge in [-0.05, 0) is 68.1 Å². The van der Waals surface area contributed by atoms with E-state index in [9.17, 15) is 4.79 Å². The zero-order chi connectivity index (χ0) is 21.6. The zero-order valence-corrected chi connectivity index (χ0v) is 19.8. The van der Waals surface area contributed by atoms with Gasteiger partial charge >= 0.3 is 0 Å². The highest BCUT2D eigenvalue weighted by Crippen LogP contribution is 2.28. The van der Waals surface area contributed by atoms with Crippen LogP contribution >= 0.6 is 27.7 Å². The number of amides is 1. The van der Waals surface area contributed by atoms with Gasteiger partial charge in [0.25, 0.3) is 0 Å². The van der Waals surface area contributed by atoms with Gasteiger partial charge in [-0.2, -0.15) is 4.98 Å². The normalized spacial score (nSPS) is 15.2. The molecule has 1 aliphatic heterocycles. The third-order valence-electron chi connectivity index (χ3n) is 5.33. The summed E-state index contributed by atoms with van der Waals surface area (Å²) in [6.45, 7) is 4.39. The van der Waals surface area contributed by atoms with Gasteiger partial charge < -0.3 is 9.84 Å². The van der Waals surface area contributed by atoms with Crippen molar-refractivity contribution in [2.24, 2.45) is 5.92 Å². The van der Waals surface area contributed by atoms with E-state index in [4.69, 9.17) is 4.52 Å². The van der Waals surface area contributed by atoms with E-state index in [0.717, 1.165) is 52.3 Å². The summed E-state index contributed by atoms with van der Waals surface area (Å²) in [4.78, 5) is 20.7. The Balaban J connectivity index is 1.29. The first kappa shape index (κ1) is 22.0. The summed E-state index contributed by atoms with van der Waals surface area (Å²) in [6.07, 6.45) is 1.64. The number of piperidine rings is 1. The molecule has 1 fully saturated rings. The van der Waals surface area contributed by atoms with E-state index in [-0.39, 0.29) is 11.8 Å². The molecule has 0 bridgehead atoms. The van der Waals surface area contributed by atoms with Gasteiger partial charge in [0.15, 0.2) is 0 Å². The van der Waals surface area contributed by atoms with Crippen molar-refractivity contribution in [2.45, 2.75) is 31.2 Å². The van der Waals surface area contributed by atoms with Crippen molar-refractivity contribution >= 4 is 39.3 Å². The highest BCUT2D eigenvalue weighted by Gasteiger charge is 2.26. The Kier molecular flexibility index (Phi) is 7.42. The third kappa shape index (κ3) is 5.75. The summed E-state index contributed by atoms with van der Waals surface area (Å²) >= 11 is 5.18. The average molecular weight is 501 g/mol. The molecule has 0 aliphatic carbocycles. The number of halogens is 1. The summed E-state index contributed by atoms with van der Waals surface area (Å²) < 4.78 is 6.46. The van der Waals surface area contributed by atoms with Crippen molar-refractivity contribution in [1.82, 2.24) is 15.0 Å². The maximum absolute atomic E-state index is 12.8. The molecule has 4 rings (SSSR count). The van der Waals surface area contributed by atoms with Crippen LogP contribution in [-0.4, -0.2) is 39.8 Å². The largest absolute Gasteiger partial charge is 0.338 e. The highest BCUT2D eigenvalue weighted by molar-refractivity contribution is 9.10. The molecule has 162 valence electrons. The number of nitrogens with one attached hydrogen (secondary N) is 1. The van der Waals surface area contributed by atoms with Crippen LogP contribution in [0.25, 0.3) is 11.4 Å². The molecule has 0 saturated carbocycles. The number of nitrogens with zero attached hydrogens (tertiary/aromatic N) is 3. The third-order valence-corrected chi connectivity index (χ3v) is 6.82. The zero-order valence-electron chi connectivity index (χ0n) is 17.4. The molecule has 0 unspecified atom stereocenters. The van der Waals surface area contributed by atoms with Crippen molar-refractivity contribution < 1.29 is 9.32 Å². The second kappa shape index (κ2) is 10.4. The van der Waals surface area contributed by atoms with Crippen LogP contribution in [0.3, 0.4) is 0 Å². The number of carbonyl (C=O) groups excluding carboxylic acids is 1. The number of aromatic nitrogens is 2. The molecule has 1 N–H and O–H groups in total. The van der Waals surface area contributed by atoms with E-state index in [1.165, 1.54) is 0 Å². The van der Waals surface area contributed by atoms with Crippen LogP contribution in [0, 0.1) is 5.92 Å². The molecular weight excluding hydrogens is 476 g/mol. The number of benzene rings is 2. The van der Waals surface area contributed by atoms with E-state index < -0.39 is 0 Å². The van der Waals surface area contributed by atoms with E-state index >= 15 is 0 Å². The lowest BCUT2D eigenvalue weighted by Crippen LogP contribution is -2.37. The Morgan fingerprint density at radius 1 is 1.19 bits per heavy atom. The first-order chi connectivity index (χ1) is 15.1. The van der Waals surface area contributed by atoms with Crippen LogP contribution in [-0.2, 0) is 11.3 Å². The highest BCUT2D eigenvalue weighted by atomic mass is 79.9. The second-order valence-electron chi connectivity index (χ2n) is 7.49. The first-order valence-corrected chi connectivity index (χ1v) is 12.2. The fourth-order valence-electron chi connectivity index (χ4n) is 3.67. The molecular formula is C23H25BrN4O2S. The van der Waals surface area contributed by atoms with Crippen LogP contribution in [0.15, 0.2) is 62.4 Å². The van der Waals surface area contributed by atoms with Gasteiger partial charge in [-0.15, -0.1) is 11.8 Å². The van der Waals surface area contributed by atoms with E-state index in [0.29, 0.717) is 18.3 Å².